The van der Waals surface area contributed by atoms with Gasteiger partial charge in [-0.3, -0.25) is 9.59 Å². The molecular formula is C12H25N3O3. The average Bonchev–Trinajstić information content (AvgIpc) is 2.33. The van der Waals surface area contributed by atoms with E-state index in [0.29, 0.717) is 19.6 Å². The van der Waals surface area contributed by atoms with Crippen LogP contribution in [-0.4, -0.2) is 68.6 Å². The van der Waals surface area contributed by atoms with Gasteiger partial charge in [-0.15, -0.1) is 0 Å². The van der Waals surface area contributed by atoms with Crippen molar-refractivity contribution in [2.75, 3.05) is 40.9 Å². The Labute approximate surface area is 109 Å². The number of nitrogens with zero attached hydrogens (tertiary/aromatic N) is 2. The average molecular weight is 259 g/mol. The molecule has 6 heteroatoms. The second-order valence-electron chi connectivity index (χ2n) is 4.44. The van der Waals surface area contributed by atoms with Crippen LogP contribution in [0.2, 0.25) is 0 Å². The van der Waals surface area contributed by atoms with Crippen LogP contribution in [0.1, 0.15) is 19.8 Å². The highest BCUT2D eigenvalue weighted by Crippen LogP contribution is 2.01. The Balaban J connectivity index is 4.55. The lowest BCUT2D eigenvalue weighted by Gasteiger charge is -2.26. The fraction of sp³-hybridized carbons (Fsp3) is 0.833. The van der Waals surface area contributed by atoms with Gasteiger partial charge in [0, 0.05) is 27.7 Å². The molecule has 2 N–H and O–H groups in total. The van der Waals surface area contributed by atoms with Crippen molar-refractivity contribution in [3.63, 3.8) is 0 Å². The molecule has 0 spiro atoms. The van der Waals surface area contributed by atoms with Gasteiger partial charge in [0.15, 0.2) is 0 Å². The summed E-state index contributed by atoms with van der Waals surface area (Å²) < 4.78 is 4.94. The minimum atomic E-state index is -0.540. The van der Waals surface area contributed by atoms with Gasteiger partial charge < -0.3 is 20.3 Å². The van der Waals surface area contributed by atoms with Crippen LogP contribution in [0.3, 0.4) is 0 Å². The van der Waals surface area contributed by atoms with Gasteiger partial charge in [0.05, 0.1) is 19.2 Å². The number of ether oxygens (including phenoxy) is 1. The van der Waals surface area contributed by atoms with Crippen LogP contribution >= 0.6 is 0 Å². The van der Waals surface area contributed by atoms with Crippen molar-refractivity contribution in [3.05, 3.63) is 0 Å². The molecule has 106 valence electrons. The van der Waals surface area contributed by atoms with Crippen LogP contribution in [0.25, 0.3) is 0 Å². The molecule has 1 atom stereocenters. The predicted octanol–water partition coefficient (Wildman–Crippen LogP) is -0.323. The Hall–Kier alpha value is -1.14. The number of rotatable bonds is 8. The molecule has 2 amide bonds. The van der Waals surface area contributed by atoms with Gasteiger partial charge in [-0.05, 0) is 6.42 Å². The Kier molecular flexibility index (Phi) is 8.32. The molecule has 0 aromatic heterocycles. The maximum absolute atomic E-state index is 12.1. The van der Waals surface area contributed by atoms with E-state index in [1.165, 1.54) is 9.80 Å². The molecule has 0 aromatic rings. The molecule has 0 aliphatic carbocycles. The Bertz CT molecular complexity index is 269. The number of hydrogen-bond donors (Lipinski definition) is 1. The first-order valence-corrected chi connectivity index (χ1v) is 6.17. The van der Waals surface area contributed by atoms with Crippen LogP contribution in [-0.2, 0) is 14.3 Å². The van der Waals surface area contributed by atoms with Crippen LogP contribution in [0.5, 0.6) is 0 Å². The summed E-state index contributed by atoms with van der Waals surface area (Å²) in [5.74, 6) is -0.313. The molecule has 0 radical (unpaired) electrons. The third-order valence-corrected chi connectivity index (χ3v) is 2.62. The maximum Gasteiger partial charge on any atom is 0.241 e. The number of hydrogen-bond acceptors (Lipinski definition) is 4. The van der Waals surface area contributed by atoms with Gasteiger partial charge in [-0.2, -0.15) is 0 Å². The zero-order chi connectivity index (χ0) is 14.1. The summed E-state index contributed by atoms with van der Waals surface area (Å²) in [6, 6.07) is -0.540. The van der Waals surface area contributed by atoms with E-state index >= 15 is 0 Å². The molecule has 6 nitrogen and oxygen atoms in total. The van der Waals surface area contributed by atoms with E-state index in [0.717, 1.165) is 6.42 Å². The van der Waals surface area contributed by atoms with E-state index in [1.807, 2.05) is 6.92 Å². The molecule has 0 saturated heterocycles. The number of amides is 2. The van der Waals surface area contributed by atoms with E-state index in [4.69, 9.17) is 10.5 Å². The van der Waals surface area contributed by atoms with Crippen LogP contribution in [0.4, 0.5) is 0 Å². The first kappa shape index (κ1) is 16.9. The molecule has 0 bridgehead atoms. The lowest BCUT2D eigenvalue weighted by molar-refractivity contribution is -0.140. The van der Waals surface area contributed by atoms with Gasteiger partial charge in [-0.25, -0.2) is 0 Å². The van der Waals surface area contributed by atoms with Crippen LogP contribution in [0, 0.1) is 0 Å². The summed E-state index contributed by atoms with van der Waals surface area (Å²) >= 11 is 0. The highest BCUT2D eigenvalue weighted by molar-refractivity contribution is 5.87. The summed E-state index contributed by atoms with van der Waals surface area (Å²) in [5.41, 5.74) is 5.80. The van der Waals surface area contributed by atoms with Crippen molar-refractivity contribution in [1.29, 1.82) is 0 Å². The third kappa shape index (κ3) is 5.97. The van der Waals surface area contributed by atoms with E-state index in [-0.39, 0.29) is 18.4 Å². The maximum atomic E-state index is 12.1. The normalized spacial score (nSPS) is 12.1. The molecule has 0 saturated carbocycles. The molecule has 18 heavy (non-hydrogen) atoms. The van der Waals surface area contributed by atoms with Gasteiger partial charge in [0.1, 0.15) is 0 Å². The lowest BCUT2D eigenvalue weighted by atomic mass is 10.1. The van der Waals surface area contributed by atoms with Crippen molar-refractivity contribution in [2.24, 2.45) is 5.73 Å². The Morgan fingerprint density at radius 1 is 1.33 bits per heavy atom. The number of nitrogens with two attached hydrogens (primary N) is 1. The molecule has 0 aliphatic rings. The largest absolute Gasteiger partial charge is 0.383 e. The van der Waals surface area contributed by atoms with Gasteiger partial charge in [0.2, 0.25) is 11.8 Å². The topological polar surface area (TPSA) is 75.9 Å². The quantitative estimate of drug-likeness (QED) is 0.648. The SMILES string of the molecule is CCC[C@H](N)C(=O)N(CCOC)CC(=O)N(C)C. The minimum Gasteiger partial charge on any atom is -0.383 e. The van der Waals surface area contributed by atoms with Crippen molar-refractivity contribution < 1.29 is 14.3 Å². The summed E-state index contributed by atoms with van der Waals surface area (Å²) in [7, 11) is 4.88. The van der Waals surface area contributed by atoms with Gasteiger partial charge in [-0.1, -0.05) is 13.3 Å². The second kappa shape index (κ2) is 8.88. The highest BCUT2D eigenvalue weighted by atomic mass is 16.5. The van der Waals surface area contributed by atoms with Crippen LogP contribution in [0.15, 0.2) is 0 Å². The van der Waals surface area contributed by atoms with Crippen molar-refractivity contribution in [1.82, 2.24) is 9.80 Å². The zero-order valence-electron chi connectivity index (χ0n) is 11.8. The minimum absolute atomic E-state index is 0.0482. The standard InChI is InChI=1S/C12H25N3O3/c1-5-6-10(13)12(17)15(7-8-18-4)9-11(16)14(2)3/h10H,5-9,13H2,1-4H3/t10-/m0/s1. The molecule has 0 heterocycles. The summed E-state index contributed by atoms with van der Waals surface area (Å²) in [6.07, 6.45) is 1.46. The van der Waals surface area contributed by atoms with Crippen molar-refractivity contribution in [3.8, 4) is 0 Å². The van der Waals surface area contributed by atoms with E-state index in [2.05, 4.69) is 0 Å². The van der Waals surface area contributed by atoms with Gasteiger partial charge >= 0.3 is 0 Å². The number of likely N-dealkylation sites (N-methyl/N-ethyl adjacent to an activating group) is 1. The van der Waals surface area contributed by atoms with Crippen molar-refractivity contribution >= 4 is 11.8 Å². The number of carbonyl (C=O) groups is 2. The third-order valence-electron chi connectivity index (χ3n) is 2.62. The van der Waals surface area contributed by atoms with Crippen molar-refractivity contribution in [2.45, 2.75) is 25.8 Å². The number of carbonyl (C=O) groups excluding carboxylic acids is 2. The molecule has 0 rings (SSSR count). The van der Waals surface area contributed by atoms with Crippen LogP contribution < -0.4 is 5.73 Å². The molecule has 0 fully saturated rings. The van der Waals surface area contributed by atoms with E-state index in [9.17, 15) is 9.59 Å². The second-order valence-corrected chi connectivity index (χ2v) is 4.44. The fourth-order valence-electron chi connectivity index (χ4n) is 1.44. The Morgan fingerprint density at radius 2 is 1.94 bits per heavy atom. The molecule has 0 aliphatic heterocycles. The van der Waals surface area contributed by atoms with E-state index < -0.39 is 6.04 Å². The molecule has 0 unspecified atom stereocenters. The smallest absolute Gasteiger partial charge is 0.241 e. The number of methoxy groups -OCH3 is 1. The lowest BCUT2D eigenvalue weighted by Crippen LogP contribution is -2.48. The monoisotopic (exact) mass is 259 g/mol. The zero-order valence-corrected chi connectivity index (χ0v) is 11.8. The first-order chi connectivity index (χ1) is 8.43. The van der Waals surface area contributed by atoms with Gasteiger partial charge in [0.25, 0.3) is 0 Å². The predicted molar refractivity (Wildman–Crippen MR) is 70.0 cm³/mol. The Morgan fingerprint density at radius 3 is 2.39 bits per heavy atom. The molecular weight excluding hydrogens is 234 g/mol. The summed E-state index contributed by atoms with van der Waals surface area (Å²) in [4.78, 5) is 26.6. The van der Waals surface area contributed by atoms with E-state index in [1.54, 1.807) is 21.2 Å². The molecule has 0 aromatic carbocycles. The summed E-state index contributed by atoms with van der Waals surface area (Å²) in [5, 5.41) is 0. The summed E-state index contributed by atoms with van der Waals surface area (Å²) in [6.45, 7) is 2.79. The first-order valence-electron chi connectivity index (χ1n) is 6.17. The highest BCUT2D eigenvalue weighted by Gasteiger charge is 2.22. The fourth-order valence-corrected chi connectivity index (χ4v) is 1.44.